The Bertz CT molecular complexity index is 493. The molecule has 2 fully saturated rings. The molecule has 1 saturated carbocycles. The molecule has 1 heterocycles. The molecule has 3 amide bonds. The zero-order valence-electron chi connectivity index (χ0n) is 15.1. The first-order valence-corrected chi connectivity index (χ1v) is 8.71. The third kappa shape index (κ3) is 5.11. The van der Waals surface area contributed by atoms with Gasteiger partial charge in [0.05, 0.1) is 0 Å². The van der Waals surface area contributed by atoms with Crippen LogP contribution in [-0.2, 0) is 14.3 Å². The largest absolute Gasteiger partial charge is 0.444 e. The predicted octanol–water partition coefficient (Wildman–Crippen LogP) is 1.56. The van der Waals surface area contributed by atoms with Crippen LogP contribution in [0.15, 0.2) is 0 Å². The molecular formula is C17H29N3O4. The molecule has 1 atom stereocenters. The first-order chi connectivity index (χ1) is 11.2. The molecule has 7 nitrogen and oxygen atoms in total. The molecule has 0 aromatic heterocycles. The van der Waals surface area contributed by atoms with Crippen LogP contribution in [0.25, 0.3) is 0 Å². The summed E-state index contributed by atoms with van der Waals surface area (Å²) < 4.78 is 5.26. The van der Waals surface area contributed by atoms with Gasteiger partial charge >= 0.3 is 6.09 Å². The van der Waals surface area contributed by atoms with Gasteiger partial charge in [-0.2, -0.15) is 0 Å². The van der Waals surface area contributed by atoms with E-state index in [1.807, 2.05) is 20.8 Å². The smallest absolute Gasteiger partial charge is 0.407 e. The summed E-state index contributed by atoms with van der Waals surface area (Å²) in [5.41, 5.74) is -0.500. The van der Waals surface area contributed by atoms with Crippen molar-refractivity contribution in [1.82, 2.24) is 15.5 Å². The lowest BCUT2D eigenvalue weighted by Crippen LogP contribution is -2.49. The maximum atomic E-state index is 12.3. The number of carbonyl (C=O) groups is 3. The molecule has 2 N–H and O–H groups in total. The molecule has 136 valence electrons. The van der Waals surface area contributed by atoms with Crippen molar-refractivity contribution in [2.45, 2.75) is 83.0 Å². The first-order valence-electron chi connectivity index (χ1n) is 8.71. The average Bonchev–Trinajstić information content (AvgIpc) is 2.79. The van der Waals surface area contributed by atoms with Crippen LogP contribution in [0, 0.1) is 0 Å². The van der Waals surface area contributed by atoms with Gasteiger partial charge in [-0.3, -0.25) is 9.59 Å². The highest BCUT2D eigenvalue weighted by molar-refractivity contribution is 5.90. The molecule has 1 aliphatic heterocycles. The van der Waals surface area contributed by atoms with Gasteiger partial charge in [0.2, 0.25) is 11.8 Å². The third-order valence-electron chi connectivity index (χ3n) is 4.59. The lowest BCUT2D eigenvalue weighted by molar-refractivity contribution is -0.134. The molecule has 24 heavy (non-hydrogen) atoms. The number of alkyl carbamates (subject to hydrolysis) is 1. The van der Waals surface area contributed by atoms with Crippen LogP contribution in [0.1, 0.15) is 59.3 Å². The minimum Gasteiger partial charge on any atom is -0.444 e. The van der Waals surface area contributed by atoms with Crippen molar-refractivity contribution < 1.29 is 19.1 Å². The molecule has 2 aliphatic rings. The summed E-state index contributed by atoms with van der Waals surface area (Å²) in [6.07, 6.45) is 3.90. The van der Waals surface area contributed by atoms with E-state index in [4.69, 9.17) is 4.74 Å². The lowest BCUT2D eigenvalue weighted by Gasteiger charge is -2.31. The van der Waals surface area contributed by atoms with Gasteiger partial charge in [-0.1, -0.05) is 0 Å². The minimum atomic E-state index is -0.500. The van der Waals surface area contributed by atoms with Crippen molar-refractivity contribution in [3.05, 3.63) is 0 Å². The Kier molecular flexibility index (Phi) is 5.72. The van der Waals surface area contributed by atoms with Crippen molar-refractivity contribution >= 4 is 17.9 Å². The molecule has 0 spiro atoms. The van der Waals surface area contributed by atoms with Gasteiger partial charge < -0.3 is 20.3 Å². The summed E-state index contributed by atoms with van der Waals surface area (Å²) in [6.45, 7) is 5.51. The van der Waals surface area contributed by atoms with Crippen LogP contribution < -0.4 is 10.6 Å². The summed E-state index contributed by atoms with van der Waals surface area (Å²) in [6, 6.07) is -0.142. The van der Waals surface area contributed by atoms with Gasteiger partial charge in [-0.15, -0.1) is 0 Å². The topological polar surface area (TPSA) is 87.7 Å². The summed E-state index contributed by atoms with van der Waals surface area (Å²) in [7, 11) is 1.68. The fourth-order valence-corrected chi connectivity index (χ4v) is 3.26. The number of hydrogen-bond donors (Lipinski definition) is 2. The second-order valence-electron chi connectivity index (χ2n) is 7.76. The van der Waals surface area contributed by atoms with E-state index in [1.165, 1.54) is 4.90 Å². The molecule has 0 aromatic carbocycles. The van der Waals surface area contributed by atoms with Gasteiger partial charge in [0, 0.05) is 25.6 Å². The fourth-order valence-electron chi connectivity index (χ4n) is 3.26. The molecule has 2 rings (SSSR count). The van der Waals surface area contributed by atoms with E-state index in [9.17, 15) is 14.4 Å². The Labute approximate surface area is 143 Å². The zero-order valence-corrected chi connectivity index (χ0v) is 15.1. The molecule has 0 bridgehead atoms. The van der Waals surface area contributed by atoms with Crippen LogP contribution in [0.2, 0.25) is 0 Å². The van der Waals surface area contributed by atoms with E-state index in [0.717, 1.165) is 25.7 Å². The zero-order chi connectivity index (χ0) is 17.9. The Morgan fingerprint density at radius 3 is 2.04 bits per heavy atom. The van der Waals surface area contributed by atoms with E-state index >= 15 is 0 Å². The fraction of sp³-hybridized carbons (Fsp3) is 0.824. The first kappa shape index (κ1) is 18.5. The molecule has 1 unspecified atom stereocenters. The molecular weight excluding hydrogens is 310 g/mol. The summed E-state index contributed by atoms with van der Waals surface area (Å²) in [4.78, 5) is 37.1. The maximum absolute atomic E-state index is 12.3. The number of likely N-dealkylation sites (N-methyl/N-ethyl adjacent to an activating group) is 1. The molecule has 1 saturated heterocycles. The van der Waals surface area contributed by atoms with Gasteiger partial charge in [-0.05, 0) is 52.9 Å². The van der Waals surface area contributed by atoms with Crippen LogP contribution in [-0.4, -0.2) is 53.6 Å². The molecule has 0 aromatic rings. The summed E-state index contributed by atoms with van der Waals surface area (Å²) in [5, 5.41) is 5.94. The maximum Gasteiger partial charge on any atom is 0.407 e. The number of nitrogens with one attached hydrogen (secondary N) is 2. The van der Waals surface area contributed by atoms with Gasteiger partial charge in [0.1, 0.15) is 11.6 Å². The Balaban J connectivity index is 1.72. The summed E-state index contributed by atoms with van der Waals surface area (Å²) >= 11 is 0. The highest BCUT2D eigenvalue weighted by Crippen LogP contribution is 2.21. The number of nitrogens with zero attached hydrogens (tertiary/aromatic N) is 1. The number of amides is 3. The lowest BCUT2D eigenvalue weighted by atomic mass is 9.91. The monoisotopic (exact) mass is 339 g/mol. The second kappa shape index (κ2) is 7.40. The Morgan fingerprint density at radius 1 is 1.04 bits per heavy atom. The predicted molar refractivity (Wildman–Crippen MR) is 89.3 cm³/mol. The van der Waals surface area contributed by atoms with Crippen molar-refractivity contribution in [2.24, 2.45) is 0 Å². The highest BCUT2D eigenvalue weighted by atomic mass is 16.6. The van der Waals surface area contributed by atoms with E-state index in [2.05, 4.69) is 10.6 Å². The highest BCUT2D eigenvalue weighted by Gasteiger charge is 2.34. The van der Waals surface area contributed by atoms with Gasteiger partial charge in [0.15, 0.2) is 0 Å². The summed E-state index contributed by atoms with van der Waals surface area (Å²) in [5.74, 6) is -0.0349. The van der Waals surface area contributed by atoms with E-state index < -0.39 is 5.60 Å². The van der Waals surface area contributed by atoms with Crippen LogP contribution in [0.4, 0.5) is 4.79 Å². The molecule has 7 heteroatoms. The van der Waals surface area contributed by atoms with Crippen LogP contribution >= 0.6 is 0 Å². The van der Waals surface area contributed by atoms with Crippen molar-refractivity contribution in [1.29, 1.82) is 0 Å². The number of rotatable bonds is 3. The van der Waals surface area contributed by atoms with Crippen molar-refractivity contribution in [3.63, 3.8) is 0 Å². The minimum absolute atomic E-state index is 0.0282. The number of ether oxygens (including phenoxy) is 1. The number of carbonyl (C=O) groups excluding carboxylic acids is 3. The normalized spacial score (nSPS) is 27.8. The van der Waals surface area contributed by atoms with Gasteiger partial charge in [0.25, 0.3) is 0 Å². The quantitative estimate of drug-likeness (QED) is 0.817. The van der Waals surface area contributed by atoms with Crippen molar-refractivity contribution in [2.75, 3.05) is 7.05 Å². The third-order valence-corrected chi connectivity index (χ3v) is 4.59. The van der Waals surface area contributed by atoms with E-state index in [-0.39, 0.29) is 36.0 Å². The van der Waals surface area contributed by atoms with Crippen molar-refractivity contribution in [3.8, 4) is 0 Å². The van der Waals surface area contributed by atoms with E-state index in [1.54, 1.807) is 7.05 Å². The van der Waals surface area contributed by atoms with Crippen LogP contribution in [0.3, 0.4) is 0 Å². The van der Waals surface area contributed by atoms with E-state index in [0.29, 0.717) is 12.8 Å². The second-order valence-corrected chi connectivity index (χ2v) is 7.76. The number of likely N-dealkylation sites (tertiary alicyclic amines) is 1. The Morgan fingerprint density at radius 2 is 1.58 bits per heavy atom. The van der Waals surface area contributed by atoms with Crippen LogP contribution in [0.5, 0.6) is 0 Å². The molecule has 1 aliphatic carbocycles. The van der Waals surface area contributed by atoms with Gasteiger partial charge in [-0.25, -0.2) is 4.79 Å². The molecule has 0 radical (unpaired) electrons. The SMILES string of the molecule is CN1C(=O)CCC1C(=O)NC1CCC(NC(=O)OC(C)(C)C)CC1. The Hall–Kier alpha value is -1.79. The number of hydrogen-bond acceptors (Lipinski definition) is 4. The average molecular weight is 339 g/mol. The standard InChI is InChI=1S/C17H29N3O4/c1-17(2,3)24-16(23)19-12-7-5-11(6-8-12)18-15(22)13-9-10-14(21)20(13)4/h11-13H,5-10H2,1-4H3,(H,18,22)(H,19,23).